The van der Waals surface area contributed by atoms with Gasteiger partial charge in [0, 0.05) is 28.2 Å². The Bertz CT molecular complexity index is 603. The Morgan fingerprint density at radius 2 is 1.68 bits per heavy atom. The molecule has 0 fully saturated rings. The molecule has 2 N–H and O–H groups in total. The maximum absolute atomic E-state index is 13.0. The Morgan fingerprint density at radius 1 is 1.05 bits per heavy atom. The monoisotopic (exact) mass is 325 g/mol. The topological polar surface area (TPSA) is 43.1 Å². The van der Waals surface area contributed by atoms with Crippen molar-refractivity contribution in [3.05, 3.63) is 63.6 Å². The van der Waals surface area contributed by atoms with Crippen LogP contribution in [0.2, 0.25) is 0 Å². The summed E-state index contributed by atoms with van der Waals surface area (Å²) >= 11 is 3.24. The molecule has 0 aliphatic carbocycles. The molecule has 0 bridgehead atoms. The van der Waals surface area contributed by atoms with Crippen LogP contribution >= 0.6 is 15.9 Å². The van der Waals surface area contributed by atoms with Gasteiger partial charge in [-0.2, -0.15) is 0 Å². The second kappa shape index (κ2) is 5.48. The highest BCUT2D eigenvalue weighted by Gasteiger charge is 2.10. The lowest BCUT2D eigenvalue weighted by Gasteiger charge is -2.04. The van der Waals surface area contributed by atoms with Crippen LogP contribution in [0.3, 0.4) is 0 Å². The number of anilines is 1. The van der Waals surface area contributed by atoms with Crippen molar-refractivity contribution < 1.29 is 13.6 Å². The van der Waals surface area contributed by atoms with E-state index in [1.165, 1.54) is 6.07 Å². The first-order chi connectivity index (χ1) is 8.94. The van der Waals surface area contributed by atoms with Gasteiger partial charge in [0.1, 0.15) is 11.6 Å². The Labute approximate surface area is 117 Å². The van der Waals surface area contributed by atoms with E-state index >= 15 is 0 Å². The van der Waals surface area contributed by atoms with E-state index in [2.05, 4.69) is 15.9 Å². The third-order valence-electron chi connectivity index (χ3n) is 2.53. The second-order valence-corrected chi connectivity index (χ2v) is 5.07. The minimum atomic E-state index is -0.698. The number of benzene rings is 2. The minimum absolute atomic E-state index is 0.0788. The predicted octanol–water partition coefficient (Wildman–Crippen LogP) is 3.73. The van der Waals surface area contributed by atoms with Crippen LogP contribution in [0.4, 0.5) is 14.5 Å². The van der Waals surface area contributed by atoms with Gasteiger partial charge >= 0.3 is 0 Å². The smallest absolute Gasteiger partial charge is 0.167 e. The fourth-order valence-corrected chi connectivity index (χ4v) is 2.28. The molecule has 2 nitrogen and oxygen atoms in total. The van der Waals surface area contributed by atoms with E-state index in [0.29, 0.717) is 21.3 Å². The second-order valence-electron chi connectivity index (χ2n) is 4.15. The molecule has 0 amide bonds. The Morgan fingerprint density at radius 3 is 2.26 bits per heavy atom. The summed E-state index contributed by atoms with van der Waals surface area (Å²) in [5.41, 5.74) is 6.78. The molecule has 2 aromatic carbocycles. The molecule has 0 saturated heterocycles. The van der Waals surface area contributed by atoms with Crippen molar-refractivity contribution in [1.29, 1.82) is 0 Å². The summed E-state index contributed by atoms with van der Waals surface area (Å²) in [5, 5.41) is 0. The van der Waals surface area contributed by atoms with E-state index < -0.39 is 11.6 Å². The van der Waals surface area contributed by atoms with Crippen molar-refractivity contribution in [3.8, 4) is 0 Å². The number of carbonyl (C=O) groups excluding carboxylic acids is 1. The van der Waals surface area contributed by atoms with Gasteiger partial charge in [-0.3, -0.25) is 4.79 Å². The molecule has 19 heavy (non-hydrogen) atoms. The first kappa shape index (κ1) is 13.7. The van der Waals surface area contributed by atoms with Crippen LogP contribution in [0.25, 0.3) is 0 Å². The summed E-state index contributed by atoms with van der Waals surface area (Å²) in [4.78, 5) is 12.0. The number of ketones is 1. The lowest BCUT2D eigenvalue weighted by molar-refractivity contribution is 0.0993. The van der Waals surface area contributed by atoms with Crippen molar-refractivity contribution in [3.63, 3.8) is 0 Å². The van der Waals surface area contributed by atoms with Crippen LogP contribution < -0.4 is 5.73 Å². The number of halogens is 3. The highest BCUT2D eigenvalue weighted by Crippen LogP contribution is 2.19. The van der Waals surface area contributed by atoms with Gasteiger partial charge in [-0.1, -0.05) is 15.9 Å². The van der Waals surface area contributed by atoms with Gasteiger partial charge in [0.15, 0.2) is 5.78 Å². The van der Waals surface area contributed by atoms with Crippen LogP contribution in [0, 0.1) is 11.6 Å². The Balaban J connectivity index is 2.25. The van der Waals surface area contributed by atoms with Crippen molar-refractivity contribution in [1.82, 2.24) is 0 Å². The van der Waals surface area contributed by atoms with E-state index in [1.807, 2.05) is 0 Å². The third kappa shape index (κ3) is 3.61. The van der Waals surface area contributed by atoms with Gasteiger partial charge in [-0.05, 0) is 35.9 Å². The van der Waals surface area contributed by atoms with Crippen LogP contribution in [0.5, 0.6) is 0 Å². The average molecular weight is 326 g/mol. The molecular weight excluding hydrogens is 316 g/mol. The van der Waals surface area contributed by atoms with Crippen molar-refractivity contribution in [2.45, 2.75) is 6.42 Å². The molecule has 0 spiro atoms. The number of hydrogen-bond donors (Lipinski definition) is 1. The summed E-state index contributed by atoms with van der Waals surface area (Å²) in [6.07, 6.45) is -0.0788. The molecule has 0 heterocycles. The van der Waals surface area contributed by atoms with Crippen LogP contribution in [-0.4, -0.2) is 5.78 Å². The number of nitrogen functional groups attached to an aromatic ring is 1. The molecule has 0 aliphatic heterocycles. The molecule has 0 aliphatic rings. The maximum atomic E-state index is 13.0. The molecule has 5 heteroatoms. The summed E-state index contributed by atoms with van der Waals surface area (Å²) in [6.45, 7) is 0. The quantitative estimate of drug-likeness (QED) is 0.690. The Kier molecular flexibility index (Phi) is 3.95. The van der Waals surface area contributed by atoms with Gasteiger partial charge in [-0.15, -0.1) is 0 Å². The number of carbonyl (C=O) groups is 1. The number of Topliss-reactive ketones (excluding diaryl/α,β-unsaturated/α-hetero) is 1. The van der Waals surface area contributed by atoms with Crippen LogP contribution in [-0.2, 0) is 6.42 Å². The van der Waals surface area contributed by atoms with Gasteiger partial charge in [-0.25, -0.2) is 8.78 Å². The third-order valence-corrected chi connectivity index (χ3v) is 2.99. The largest absolute Gasteiger partial charge is 0.399 e. The van der Waals surface area contributed by atoms with Gasteiger partial charge in [0.05, 0.1) is 0 Å². The lowest BCUT2D eigenvalue weighted by atomic mass is 10.0. The van der Waals surface area contributed by atoms with Crippen LogP contribution in [0.1, 0.15) is 15.9 Å². The molecule has 0 aromatic heterocycles. The highest BCUT2D eigenvalue weighted by atomic mass is 79.9. The molecule has 0 atom stereocenters. The predicted molar refractivity (Wildman–Crippen MR) is 72.9 cm³/mol. The Hall–Kier alpha value is -1.75. The van der Waals surface area contributed by atoms with Crippen molar-refractivity contribution >= 4 is 27.4 Å². The standard InChI is InChI=1S/C14H10BrF2NO/c15-10-4-9(5-13(18)6-10)14(19)3-8-1-11(16)7-12(17)2-8/h1-2,4-7H,3,18H2. The fourth-order valence-electron chi connectivity index (χ4n) is 1.77. The van der Waals surface area contributed by atoms with Gasteiger partial charge in [0.2, 0.25) is 0 Å². The number of rotatable bonds is 3. The van der Waals surface area contributed by atoms with Crippen LogP contribution in [0.15, 0.2) is 40.9 Å². The zero-order valence-electron chi connectivity index (χ0n) is 9.79. The minimum Gasteiger partial charge on any atom is -0.399 e. The molecule has 0 radical (unpaired) electrons. The SMILES string of the molecule is Nc1cc(Br)cc(C(=O)Cc2cc(F)cc(F)c2)c1. The molecule has 2 rings (SSSR count). The summed E-state index contributed by atoms with van der Waals surface area (Å²) in [5.74, 6) is -1.65. The first-order valence-electron chi connectivity index (χ1n) is 5.48. The normalized spacial score (nSPS) is 10.5. The highest BCUT2D eigenvalue weighted by molar-refractivity contribution is 9.10. The van der Waals surface area contributed by atoms with E-state index in [0.717, 1.165) is 18.2 Å². The fraction of sp³-hybridized carbons (Fsp3) is 0.0714. The molecule has 0 saturated carbocycles. The van der Waals surface area contributed by atoms with Crippen molar-refractivity contribution in [2.75, 3.05) is 5.73 Å². The number of nitrogens with two attached hydrogens (primary N) is 1. The number of hydrogen-bond acceptors (Lipinski definition) is 2. The van der Waals surface area contributed by atoms with E-state index in [4.69, 9.17) is 5.73 Å². The molecular formula is C14H10BrF2NO. The van der Waals surface area contributed by atoms with Gasteiger partial charge < -0.3 is 5.73 Å². The van der Waals surface area contributed by atoms with E-state index in [9.17, 15) is 13.6 Å². The summed E-state index contributed by atoms with van der Waals surface area (Å²) < 4.78 is 26.7. The summed E-state index contributed by atoms with van der Waals surface area (Å²) in [7, 11) is 0. The average Bonchev–Trinajstić information content (AvgIpc) is 2.25. The zero-order chi connectivity index (χ0) is 14.0. The van der Waals surface area contributed by atoms with Crippen molar-refractivity contribution in [2.24, 2.45) is 0 Å². The molecule has 2 aromatic rings. The first-order valence-corrected chi connectivity index (χ1v) is 6.27. The van der Waals surface area contributed by atoms with E-state index in [-0.39, 0.29) is 12.2 Å². The van der Waals surface area contributed by atoms with Gasteiger partial charge in [0.25, 0.3) is 0 Å². The molecule has 0 unspecified atom stereocenters. The summed E-state index contributed by atoms with van der Waals surface area (Å²) in [6, 6.07) is 7.87. The molecule has 98 valence electrons. The van der Waals surface area contributed by atoms with E-state index in [1.54, 1.807) is 12.1 Å². The zero-order valence-corrected chi connectivity index (χ0v) is 11.4. The maximum Gasteiger partial charge on any atom is 0.167 e. The lowest BCUT2D eigenvalue weighted by Crippen LogP contribution is -2.05.